The molecule has 0 aliphatic carbocycles. The third-order valence-corrected chi connectivity index (χ3v) is 5.48. The van der Waals surface area contributed by atoms with E-state index in [0.29, 0.717) is 5.56 Å². The van der Waals surface area contributed by atoms with Gasteiger partial charge in [-0.3, -0.25) is 10.1 Å². The van der Waals surface area contributed by atoms with Gasteiger partial charge in [-0.2, -0.15) is 0 Å². The number of rotatable bonds is 2. The molecule has 5 heteroatoms. The van der Waals surface area contributed by atoms with Gasteiger partial charge in [0.2, 0.25) is 5.91 Å². The summed E-state index contributed by atoms with van der Waals surface area (Å²) in [4.78, 5) is 14.2. The van der Waals surface area contributed by atoms with E-state index in [2.05, 4.69) is 5.32 Å². The first kappa shape index (κ1) is 16.2. The van der Waals surface area contributed by atoms with E-state index in [1.54, 1.807) is 11.0 Å². The molecule has 4 rings (SSSR count). The minimum Gasteiger partial charge on any atom is -0.344 e. The summed E-state index contributed by atoms with van der Waals surface area (Å²) in [6, 6.07) is 11.2. The lowest BCUT2D eigenvalue weighted by Gasteiger charge is -2.23. The largest absolute Gasteiger partial charge is 0.344 e. The minimum absolute atomic E-state index is 0.00580. The van der Waals surface area contributed by atoms with E-state index in [-0.39, 0.29) is 17.5 Å². The number of carbonyl (C=O) groups is 1. The highest BCUT2D eigenvalue weighted by atomic mass is 19.1. The van der Waals surface area contributed by atoms with Crippen molar-refractivity contribution in [3.63, 3.8) is 0 Å². The highest BCUT2D eigenvalue weighted by Gasteiger charge is 2.49. The third-order valence-electron chi connectivity index (χ3n) is 5.48. The van der Waals surface area contributed by atoms with Gasteiger partial charge in [-0.25, -0.2) is 8.78 Å². The second-order valence-electron chi connectivity index (χ2n) is 7.02. The van der Waals surface area contributed by atoms with Crippen molar-refractivity contribution in [2.45, 2.75) is 30.8 Å². The number of hydrogen-bond acceptors (Lipinski definition) is 2. The molecule has 2 heterocycles. The van der Waals surface area contributed by atoms with Crippen molar-refractivity contribution in [2.75, 3.05) is 13.6 Å². The van der Waals surface area contributed by atoms with Crippen LogP contribution in [0.2, 0.25) is 0 Å². The molecule has 25 heavy (non-hydrogen) atoms. The van der Waals surface area contributed by atoms with Crippen LogP contribution in [0.1, 0.15) is 30.9 Å². The van der Waals surface area contributed by atoms with Crippen molar-refractivity contribution in [3.8, 4) is 11.1 Å². The predicted molar refractivity (Wildman–Crippen MR) is 91.9 cm³/mol. The van der Waals surface area contributed by atoms with Crippen LogP contribution in [-0.4, -0.2) is 29.9 Å². The fourth-order valence-corrected chi connectivity index (χ4v) is 4.10. The third kappa shape index (κ3) is 2.63. The molecular weight excluding hydrogens is 322 g/mol. The maximum atomic E-state index is 14.1. The molecule has 0 bridgehead atoms. The fraction of sp³-hybridized carbons (Fsp3) is 0.350. The maximum Gasteiger partial charge on any atom is 0.242 e. The number of amides is 1. The van der Waals surface area contributed by atoms with Crippen LogP contribution in [0.5, 0.6) is 0 Å². The number of benzene rings is 2. The normalized spacial score (nSPS) is 26.0. The van der Waals surface area contributed by atoms with Gasteiger partial charge < -0.3 is 4.90 Å². The Hall–Kier alpha value is -2.27. The van der Waals surface area contributed by atoms with E-state index in [1.165, 1.54) is 18.2 Å². The van der Waals surface area contributed by atoms with Crippen molar-refractivity contribution in [2.24, 2.45) is 0 Å². The Morgan fingerprint density at radius 1 is 1.12 bits per heavy atom. The molecule has 1 amide bonds. The van der Waals surface area contributed by atoms with Crippen LogP contribution in [0.25, 0.3) is 11.1 Å². The van der Waals surface area contributed by atoms with Crippen LogP contribution in [0.3, 0.4) is 0 Å². The van der Waals surface area contributed by atoms with Crippen LogP contribution >= 0.6 is 0 Å². The number of likely N-dealkylation sites (tertiary alicyclic amines) is 1. The Morgan fingerprint density at radius 2 is 1.84 bits per heavy atom. The van der Waals surface area contributed by atoms with E-state index in [1.807, 2.05) is 25.2 Å². The molecule has 2 fully saturated rings. The Balaban J connectivity index is 1.64. The number of halogens is 2. The summed E-state index contributed by atoms with van der Waals surface area (Å²) in [5.74, 6) is -0.993. The zero-order chi connectivity index (χ0) is 17.6. The summed E-state index contributed by atoms with van der Waals surface area (Å²) in [5, 5.41) is 3.49. The minimum atomic E-state index is -0.569. The van der Waals surface area contributed by atoms with Crippen LogP contribution in [0, 0.1) is 11.6 Å². The summed E-state index contributed by atoms with van der Waals surface area (Å²) in [5.41, 5.74) is 0.998. The van der Waals surface area contributed by atoms with Crippen LogP contribution in [0.15, 0.2) is 42.5 Å². The van der Waals surface area contributed by atoms with Crippen molar-refractivity contribution in [3.05, 3.63) is 59.7 Å². The Kier molecular flexibility index (Phi) is 3.84. The zero-order valence-corrected chi connectivity index (χ0v) is 14.1. The molecule has 2 aliphatic heterocycles. The first-order chi connectivity index (χ1) is 12.0. The van der Waals surface area contributed by atoms with Gasteiger partial charge in [-0.1, -0.05) is 24.3 Å². The molecule has 0 radical (unpaired) electrons. The first-order valence-corrected chi connectivity index (χ1v) is 8.58. The molecule has 130 valence electrons. The van der Waals surface area contributed by atoms with E-state index in [0.717, 1.165) is 31.4 Å². The van der Waals surface area contributed by atoms with Crippen molar-refractivity contribution >= 4 is 5.91 Å². The monoisotopic (exact) mass is 342 g/mol. The zero-order valence-electron chi connectivity index (χ0n) is 14.1. The number of hydrogen-bond donors (Lipinski definition) is 1. The molecule has 2 saturated heterocycles. The molecule has 0 saturated carbocycles. The summed E-state index contributed by atoms with van der Waals surface area (Å²) in [6.45, 7) is 0.763. The average Bonchev–Trinajstić information content (AvgIpc) is 3.15. The molecule has 2 aromatic carbocycles. The lowest BCUT2D eigenvalue weighted by Crippen LogP contribution is -2.47. The van der Waals surface area contributed by atoms with E-state index < -0.39 is 17.2 Å². The van der Waals surface area contributed by atoms with Gasteiger partial charge >= 0.3 is 0 Å². The van der Waals surface area contributed by atoms with Gasteiger partial charge in [0.1, 0.15) is 17.2 Å². The topological polar surface area (TPSA) is 32.3 Å². The van der Waals surface area contributed by atoms with Gasteiger partial charge in [0.05, 0.1) is 5.56 Å². The van der Waals surface area contributed by atoms with Gasteiger partial charge in [0.15, 0.2) is 0 Å². The predicted octanol–water partition coefficient (Wildman–Crippen LogP) is 3.66. The second-order valence-corrected chi connectivity index (χ2v) is 7.02. The van der Waals surface area contributed by atoms with E-state index in [9.17, 15) is 13.6 Å². The molecular formula is C20H20F2N2O. The average molecular weight is 342 g/mol. The van der Waals surface area contributed by atoms with Gasteiger partial charge in [0, 0.05) is 19.6 Å². The summed E-state index contributed by atoms with van der Waals surface area (Å²) in [6.07, 6.45) is 2.43. The Bertz CT molecular complexity index is 818. The molecule has 0 aromatic heterocycles. The smallest absolute Gasteiger partial charge is 0.242 e. The fourth-order valence-electron chi connectivity index (χ4n) is 4.10. The first-order valence-electron chi connectivity index (χ1n) is 8.58. The molecule has 2 aromatic rings. The summed E-state index contributed by atoms with van der Waals surface area (Å²) in [7, 11) is 1.83. The summed E-state index contributed by atoms with van der Waals surface area (Å²) >= 11 is 0. The van der Waals surface area contributed by atoms with Crippen molar-refractivity contribution in [1.82, 2.24) is 10.2 Å². The van der Waals surface area contributed by atoms with E-state index in [4.69, 9.17) is 0 Å². The highest BCUT2D eigenvalue weighted by Crippen LogP contribution is 2.40. The Labute approximate surface area is 145 Å². The van der Waals surface area contributed by atoms with Gasteiger partial charge in [-0.15, -0.1) is 0 Å². The quantitative estimate of drug-likeness (QED) is 0.903. The number of likely N-dealkylation sites (N-methyl/N-ethyl adjacent to an activating group) is 1. The second kappa shape index (κ2) is 5.92. The number of nitrogens with zero attached hydrogens (tertiary/aromatic N) is 1. The standard InChI is InChI=1S/C20H20F2N2O/c1-24-11-10-20(19(24)25)9-8-17(23-20)13-4-2-5-14(12-13)18-15(21)6-3-7-16(18)22/h2-7,12,17,23H,8-11H2,1H3/t17-,20-/m0/s1. The van der Waals surface area contributed by atoms with Crippen LogP contribution in [-0.2, 0) is 4.79 Å². The van der Waals surface area contributed by atoms with Crippen molar-refractivity contribution < 1.29 is 13.6 Å². The lowest BCUT2D eigenvalue weighted by atomic mass is 9.95. The maximum absolute atomic E-state index is 14.1. The van der Waals surface area contributed by atoms with Crippen molar-refractivity contribution in [1.29, 1.82) is 0 Å². The summed E-state index contributed by atoms with van der Waals surface area (Å²) < 4.78 is 28.1. The molecule has 2 atom stereocenters. The molecule has 2 aliphatic rings. The number of nitrogens with one attached hydrogen (secondary N) is 1. The van der Waals surface area contributed by atoms with Crippen LogP contribution < -0.4 is 5.32 Å². The Morgan fingerprint density at radius 3 is 2.52 bits per heavy atom. The van der Waals surface area contributed by atoms with Gasteiger partial charge in [-0.05, 0) is 48.6 Å². The van der Waals surface area contributed by atoms with E-state index >= 15 is 0 Å². The highest BCUT2D eigenvalue weighted by molar-refractivity contribution is 5.88. The molecule has 3 nitrogen and oxygen atoms in total. The number of carbonyl (C=O) groups excluding carboxylic acids is 1. The van der Waals surface area contributed by atoms with Gasteiger partial charge in [0.25, 0.3) is 0 Å². The molecule has 1 spiro atoms. The molecule has 0 unspecified atom stereocenters. The SMILES string of the molecule is CN1CC[C@@]2(CC[C@@H](c3cccc(-c4c(F)cccc4F)c3)N2)C1=O. The lowest BCUT2D eigenvalue weighted by molar-refractivity contribution is -0.131. The molecule has 1 N–H and O–H groups in total. The van der Waals surface area contributed by atoms with Crippen LogP contribution in [0.4, 0.5) is 8.78 Å².